The Kier molecular flexibility index (Phi) is 4.84. The molecule has 0 N–H and O–H groups in total. The first kappa shape index (κ1) is 19.5. The first-order valence-corrected chi connectivity index (χ1v) is 10.5. The van der Waals surface area contributed by atoms with Crippen molar-refractivity contribution >= 4 is 11.9 Å². The Morgan fingerprint density at radius 1 is 1.00 bits per heavy atom. The van der Waals surface area contributed by atoms with Crippen LogP contribution in [0.2, 0.25) is 0 Å². The highest BCUT2D eigenvalue weighted by Gasteiger charge is 2.43. The number of carbonyl (C=O) groups is 1. The van der Waals surface area contributed by atoms with E-state index in [1.807, 2.05) is 19.9 Å². The average molecular weight is 418 g/mol. The van der Waals surface area contributed by atoms with Gasteiger partial charge in [-0.15, -0.1) is 0 Å². The number of anilines is 1. The number of hydrogen-bond acceptors (Lipinski definition) is 6. The molecule has 31 heavy (non-hydrogen) atoms. The summed E-state index contributed by atoms with van der Waals surface area (Å²) < 4.78 is 14.8. The van der Waals surface area contributed by atoms with Crippen molar-refractivity contribution in [3.8, 4) is 11.4 Å². The number of benzene rings is 1. The lowest BCUT2D eigenvalue weighted by molar-refractivity contribution is 0.0713. The minimum atomic E-state index is -0.553. The normalized spacial score (nSPS) is 20.2. The molecule has 2 saturated heterocycles. The van der Waals surface area contributed by atoms with Gasteiger partial charge in [-0.05, 0) is 44.9 Å². The fourth-order valence-corrected chi connectivity index (χ4v) is 4.74. The quantitative estimate of drug-likeness (QED) is 0.650. The molecule has 5 rings (SSSR count). The Morgan fingerprint density at radius 3 is 2.29 bits per heavy atom. The molecule has 2 bridgehead atoms. The molecule has 1 amide bonds. The van der Waals surface area contributed by atoms with Crippen molar-refractivity contribution in [2.24, 2.45) is 0 Å². The molecule has 2 aliphatic rings. The molecule has 7 nitrogen and oxygen atoms in total. The van der Waals surface area contributed by atoms with E-state index in [0.29, 0.717) is 24.5 Å². The van der Waals surface area contributed by atoms with Crippen LogP contribution < -0.4 is 4.90 Å². The number of carbonyl (C=O) groups excluding carboxylic acids is 1. The van der Waals surface area contributed by atoms with Crippen molar-refractivity contribution in [2.75, 3.05) is 18.0 Å². The predicted octanol–water partition coefficient (Wildman–Crippen LogP) is 3.18. The highest BCUT2D eigenvalue weighted by Crippen LogP contribution is 2.35. The van der Waals surface area contributed by atoms with Crippen LogP contribution in [0.1, 0.15) is 34.6 Å². The number of hydrogen-bond donors (Lipinski definition) is 0. The summed E-state index contributed by atoms with van der Waals surface area (Å²) in [6.07, 6.45) is 5.09. The van der Waals surface area contributed by atoms with Gasteiger partial charge in [0.1, 0.15) is 5.82 Å². The van der Waals surface area contributed by atoms with E-state index < -0.39 is 5.82 Å². The highest BCUT2D eigenvalue weighted by atomic mass is 19.1. The number of halogens is 1. The molecule has 0 saturated carbocycles. The summed E-state index contributed by atoms with van der Waals surface area (Å²) in [5, 5.41) is 0. The van der Waals surface area contributed by atoms with E-state index in [0.717, 1.165) is 30.2 Å². The van der Waals surface area contributed by atoms with E-state index in [2.05, 4.69) is 24.8 Å². The van der Waals surface area contributed by atoms with Crippen molar-refractivity contribution in [3.05, 3.63) is 65.5 Å². The summed E-state index contributed by atoms with van der Waals surface area (Å²) in [4.78, 5) is 35.2. The van der Waals surface area contributed by atoms with Crippen molar-refractivity contribution in [2.45, 2.75) is 38.8 Å². The Balaban J connectivity index is 1.45. The van der Waals surface area contributed by atoms with Crippen LogP contribution in [0.15, 0.2) is 42.7 Å². The fourth-order valence-electron chi connectivity index (χ4n) is 4.74. The third kappa shape index (κ3) is 3.52. The number of likely N-dealkylation sites (tertiary alicyclic amines) is 1. The van der Waals surface area contributed by atoms with Crippen molar-refractivity contribution < 1.29 is 9.18 Å². The Bertz CT molecular complexity index is 1100. The zero-order chi connectivity index (χ0) is 21.5. The maximum absolute atomic E-state index is 14.8. The lowest BCUT2D eigenvalue weighted by Gasteiger charge is -2.41. The average Bonchev–Trinajstić information content (AvgIpc) is 3.02. The SMILES string of the molecule is Cc1cc(C)nc(N2C3CCC2CN(C(=O)c2c(F)cccc2-c2ncccn2)C3)n1. The van der Waals surface area contributed by atoms with Crippen LogP contribution in [0.4, 0.5) is 10.3 Å². The molecule has 2 aromatic heterocycles. The lowest BCUT2D eigenvalue weighted by Crippen LogP contribution is -2.56. The number of nitrogens with zero attached hydrogens (tertiary/aromatic N) is 6. The van der Waals surface area contributed by atoms with Crippen LogP contribution >= 0.6 is 0 Å². The van der Waals surface area contributed by atoms with Gasteiger partial charge in [0.05, 0.1) is 5.56 Å². The van der Waals surface area contributed by atoms with Gasteiger partial charge in [0.15, 0.2) is 5.82 Å². The summed E-state index contributed by atoms with van der Waals surface area (Å²) in [7, 11) is 0. The van der Waals surface area contributed by atoms with Crippen molar-refractivity contribution in [3.63, 3.8) is 0 Å². The summed E-state index contributed by atoms with van der Waals surface area (Å²) in [5.74, 6) is 0.192. The molecule has 1 aromatic carbocycles. The number of aromatic nitrogens is 4. The van der Waals surface area contributed by atoms with E-state index in [4.69, 9.17) is 0 Å². The standard InChI is InChI=1S/C23H23FN6O/c1-14-11-15(2)28-23(27-14)30-16-7-8-17(30)13-29(12-16)22(31)20-18(5-3-6-19(20)24)21-25-9-4-10-26-21/h3-6,9-11,16-17H,7-8,12-13H2,1-2H3. The Morgan fingerprint density at radius 2 is 1.65 bits per heavy atom. The van der Waals surface area contributed by atoms with Crippen LogP contribution in [0, 0.1) is 19.7 Å². The first-order valence-electron chi connectivity index (χ1n) is 10.5. The molecule has 3 aromatic rings. The van der Waals surface area contributed by atoms with Gasteiger partial charge in [-0.25, -0.2) is 24.3 Å². The molecule has 2 atom stereocenters. The molecule has 8 heteroatoms. The molecule has 2 aliphatic heterocycles. The van der Waals surface area contributed by atoms with E-state index in [-0.39, 0.29) is 23.6 Å². The Labute approximate surface area is 180 Å². The van der Waals surface area contributed by atoms with Crippen LogP contribution in [0.3, 0.4) is 0 Å². The minimum absolute atomic E-state index is 0.0317. The molecule has 158 valence electrons. The molecular formula is C23H23FN6O. The molecule has 0 aliphatic carbocycles. The van der Waals surface area contributed by atoms with Crippen molar-refractivity contribution in [1.82, 2.24) is 24.8 Å². The number of aryl methyl sites for hydroxylation is 2. The molecule has 0 spiro atoms. The van der Waals surface area contributed by atoms with Crippen LogP contribution in [0.5, 0.6) is 0 Å². The molecule has 2 unspecified atom stereocenters. The van der Waals surface area contributed by atoms with E-state index in [1.54, 1.807) is 35.5 Å². The maximum Gasteiger partial charge on any atom is 0.257 e. The van der Waals surface area contributed by atoms with E-state index in [1.165, 1.54) is 6.07 Å². The second kappa shape index (κ2) is 7.68. The van der Waals surface area contributed by atoms with Gasteiger partial charge in [-0.3, -0.25) is 4.79 Å². The maximum atomic E-state index is 14.8. The van der Waals surface area contributed by atoms with Gasteiger partial charge in [-0.2, -0.15) is 0 Å². The molecule has 2 fully saturated rings. The predicted molar refractivity (Wildman–Crippen MR) is 114 cm³/mol. The van der Waals surface area contributed by atoms with Gasteiger partial charge in [0.25, 0.3) is 5.91 Å². The third-order valence-electron chi connectivity index (χ3n) is 6.00. The molecule has 4 heterocycles. The summed E-state index contributed by atoms with van der Waals surface area (Å²) in [6.45, 7) is 4.95. The monoisotopic (exact) mass is 418 g/mol. The third-order valence-corrected chi connectivity index (χ3v) is 6.00. The van der Waals surface area contributed by atoms with E-state index in [9.17, 15) is 9.18 Å². The van der Waals surface area contributed by atoms with Crippen LogP contribution in [-0.2, 0) is 0 Å². The number of fused-ring (bicyclic) bond motifs is 2. The zero-order valence-corrected chi connectivity index (χ0v) is 17.5. The number of rotatable bonds is 3. The highest BCUT2D eigenvalue weighted by molar-refractivity contribution is 6.00. The van der Waals surface area contributed by atoms with Crippen LogP contribution in [-0.4, -0.2) is 55.9 Å². The number of piperazine rings is 1. The van der Waals surface area contributed by atoms with Crippen molar-refractivity contribution in [1.29, 1.82) is 0 Å². The number of amides is 1. The summed E-state index contributed by atoms with van der Waals surface area (Å²) in [6, 6.07) is 8.47. The van der Waals surface area contributed by atoms with Gasteiger partial charge in [0, 0.05) is 54.5 Å². The summed E-state index contributed by atoms with van der Waals surface area (Å²) in [5.41, 5.74) is 2.31. The Hall–Kier alpha value is -3.42. The van der Waals surface area contributed by atoms with Gasteiger partial charge in [-0.1, -0.05) is 12.1 Å². The summed E-state index contributed by atoms with van der Waals surface area (Å²) >= 11 is 0. The first-order chi connectivity index (χ1) is 15.0. The van der Waals surface area contributed by atoms with Gasteiger partial charge < -0.3 is 9.80 Å². The van der Waals surface area contributed by atoms with Gasteiger partial charge in [0.2, 0.25) is 5.95 Å². The second-order valence-electron chi connectivity index (χ2n) is 8.19. The smallest absolute Gasteiger partial charge is 0.257 e. The molecular weight excluding hydrogens is 395 g/mol. The topological polar surface area (TPSA) is 75.1 Å². The minimum Gasteiger partial charge on any atom is -0.334 e. The van der Waals surface area contributed by atoms with Crippen LogP contribution in [0.25, 0.3) is 11.4 Å². The van der Waals surface area contributed by atoms with E-state index >= 15 is 0 Å². The molecule has 0 radical (unpaired) electrons. The fraction of sp³-hybridized carbons (Fsp3) is 0.348. The largest absolute Gasteiger partial charge is 0.334 e. The second-order valence-corrected chi connectivity index (χ2v) is 8.19. The van der Waals surface area contributed by atoms with Gasteiger partial charge >= 0.3 is 0 Å². The zero-order valence-electron chi connectivity index (χ0n) is 17.5. The lowest BCUT2D eigenvalue weighted by atomic mass is 10.0.